The van der Waals surface area contributed by atoms with Gasteiger partial charge in [-0.05, 0) is 37.8 Å². The van der Waals surface area contributed by atoms with E-state index >= 15 is 0 Å². The van der Waals surface area contributed by atoms with Crippen molar-refractivity contribution in [2.75, 3.05) is 20.2 Å². The molecule has 2 atom stereocenters. The molecule has 4 heteroatoms. The summed E-state index contributed by atoms with van der Waals surface area (Å²) in [5.74, 6) is 1.19. The van der Waals surface area contributed by atoms with Crippen LogP contribution in [0.2, 0.25) is 0 Å². The van der Waals surface area contributed by atoms with Crippen molar-refractivity contribution in [3.63, 3.8) is 0 Å². The summed E-state index contributed by atoms with van der Waals surface area (Å²) in [6.45, 7) is 3.15. The molecule has 0 radical (unpaired) electrons. The monoisotopic (exact) mass is 276 g/mol. The van der Waals surface area contributed by atoms with E-state index < -0.39 is 0 Å². The van der Waals surface area contributed by atoms with Crippen LogP contribution < -0.4 is 10.5 Å². The number of carbonyl (C=O) groups excluding carboxylic acids is 1. The van der Waals surface area contributed by atoms with Crippen LogP contribution in [0.1, 0.15) is 24.8 Å². The molecule has 2 rings (SSSR count). The average molecular weight is 276 g/mol. The van der Waals surface area contributed by atoms with E-state index in [2.05, 4.69) is 0 Å². The zero-order valence-electron chi connectivity index (χ0n) is 12.3. The van der Waals surface area contributed by atoms with Crippen molar-refractivity contribution >= 4 is 5.91 Å². The normalized spacial score (nSPS) is 21.8. The Morgan fingerprint density at radius 3 is 2.80 bits per heavy atom. The number of hydrogen-bond acceptors (Lipinski definition) is 3. The van der Waals surface area contributed by atoms with Crippen molar-refractivity contribution in [3.8, 4) is 5.75 Å². The lowest BCUT2D eigenvalue weighted by Crippen LogP contribution is -2.35. The maximum Gasteiger partial charge on any atom is 0.225 e. The molecule has 1 aromatic rings. The molecule has 4 nitrogen and oxygen atoms in total. The van der Waals surface area contributed by atoms with Crippen LogP contribution in [-0.4, -0.2) is 37.0 Å². The molecule has 1 aliphatic carbocycles. The lowest BCUT2D eigenvalue weighted by molar-refractivity contribution is -0.134. The molecular weight excluding hydrogens is 252 g/mol. The molecule has 1 amide bonds. The number of hydrogen-bond donors (Lipinski definition) is 1. The van der Waals surface area contributed by atoms with E-state index in [1.165, 1.54) is 0 Å². The molecule has 0 aromatic heterocycles. The summed E-state index contributed by atoms with van der Waals surface area (Å²) in [5.41, 5.74) is 6.97. The predicted octanol–water partition coefficient (Wildman–Crippen LogP) is 1.96. The van der Waals surface area contributed by atoms with Crippen molar-refractivity contribution in [2.24, 2.45) is 11.7 Å². The van der Waals surface area contributed by atoms with Gasteiger partial charge in [0.2, 0.25) is 5.91 Å². The molecule has 1 aromatic carbocycles. The van der Waals surface area contributed by atoms with Gasteiger partial charge in [-0.25, -0.2) is 0 Å². The highest BCUT2D eigenvalue weighted by Crippen LogP contribution is 2.25. The van der Waals surface area contributed by atoms with Crippen LogP contribution in [0.15, 0.2) is 24.3 Å². The number of nitrogens with two attached hydrogens (primary N) is 1. The highest BCUT2D eigenvalue weighted by atomic mass is 16.5. The van der Waals surface area contributed by atoms with E-state index in [9.17, 15) is 4.79 Å². The average Bonchev–Trinajstić information content (AvgIpc) is 2.86. The lowest BCUT2D eigenvalue weighted by Gasteiger charge is -2.21. The minimum Gasteiger partial charge on any atom is -0.491 e. The second-order valence-electron chi connectivity index (χ2n) is 5.64. The molecule has 20 heavy (non-hydrogen) atoms. The molecule has 0 bridgehead atoms. The maximum absolute atomic E-state index is 12.2. The predicted molar refractivity (Wildman–Crippen MR) is 79.6 cm³/mol. The quantitative estimate of drug-likeness (QED) is 0.894. The fourth-order valence-electron chi connectivity index (χ4n) is 2.67. The molecule has 110 valence electrons. The Kier molecular flexibility index (Phi) is 5.01. The third kappa shape index (κ3) is 3.73. The van der Waals surface area contributed by atoms with Gasteiger partial charge in [0.1, 0.15) is 12.4 Å². The molecule has 0 unspecified atom stereocenters. The lowest BCUT2D eigenvalue weighted by atomic mass is 10.1. The summed E-state index contributed by atoms with van der Waals surface area (Å²) < 4.78 is 5.72. The Labute approximate surface area is 120 Å². The fourth-order valence-corrected chi connectivity index (χ4v) is 2.67. The molecule has 0 spiro atoms. The number of ether oxygens (including phenoxy) is 1. The van der Waals surface area contributed by atoms with Crippen molar-refractivity contribution in [1.82, 2.24) is 4.90 Å². The van der Waals surface area contributed by atoms with Gasteiger partial charge in [-0.2, -0.15) is 0 Å². The van der Waals surface area contributed by atoms with E-state index in [4.69, 9.17) is 10.5 Å². The molecule has 1 aliphatic rings. The largest absolute Gasteiger partial charge is 0.491 e. The van der Waals surface area contributed by atoms with E-state index in [0.717, 1.165) is 30.6 Å². The number of amides is 1. The first-order chi connectivity index (χ1) is 9.58. The Morgan fingerprint density at radius 1 is 1.40 bits per heavy atom. The van der Waals surface area contributed by atoms with E-state index in [1.807, 2.05) is 38.2 Å². The van der Waals surface area contributed by atoms with Crippen molar-refractivity contribution in [3.05, 3.63) is 29.8 Å². The van der Waals surface area contributed by atoms with Gasteiger partial charge in [0.25, 0.3) is 0 Å². The van der Waals surface area contributed by atoms with Crippen molar-refractivity contribution in [1.29, 1.82) is 0 Å². The second-order valence-corrected chi connectivity index (χ2v) is 5.64. The van der Waals surface area contributed by atoms with Gasteiger partial charge in [0.15, 0.2) is 0 Å². The Morgan fingerprint density at radius 2 is 2.15 bits per heavy atom. The third-order valence-electron chi connectivity index (χ3n) is 3.98. The van der Waals surface area contributed by atoms with Gasteiger partial charge in [0, 0.05) is 19.0 Å². The number of benzene rings is 1. The van der Waals surface area contributed by atoms with Gasteiger partial charge in [0.05, 0.1) is 6.54 Å². The van der Waals surface area contributed by atoms with Crippen LogP contribution in [0.25, 0.3) is 0 Å². The third-order valence-corrected chi connectivity index (χ3v) is 3.98. The zero-order valence-corrected chi connectivity index (χ0v) is 12.3. The van der Waals surface area contributed by atoms with Gasteiger partial charge >= 0.3 is 0 Å². The van der Waals surface area contributed by atoms with Crippen LogP contribution in [0.3, 0.4) is 0 Å². The van der Waals surface area contributed by atoms with Crippen LogP contribution in [0.5, 0.6) is 5.75 Å². The molecule has 1 fully saturated rings. The highest BCUT2D eigenvalue weighted by molar-refractivity contribution is 5.78. The first-order valence-corrected chi connectivity index (χ1v) is 7.27. The number of carbonyl (C=O) groups is 1. The molecule has 0 saturated heterocycles. The minimum atomic E-state index is 0.105. The van der Waals surface area contributed by atoms with Gasteiger partial charge in [-0.1, -0.05) is 18.2 Å². The number of aryl methyl sites for hydroxylation is 1. The van der Waals surface area contributed by atoms with E-state index in [0.29, 0.717) is 13.2 Å². The number of nitrogens with zero attached hydrogens (tertiary/aromatic N) is 1. The summed E-state index contributed by atoms with van der Waals surface area (Å²) >= 11 is 0. The first-order valence-electron chi connectivity index (χ1n) is 7.27. The zero-order chi connectivity index (χ0) is 14.5. The van der Waals surface area contributed by atoms with E-state index in [-0.39, 0.29) is 17.9 Å². The molecule has 0 heterocycles. The summed E-state index contributed by atoms with van der Waals surface area (Å²) in [5, 5.41) is 0. The number of likely N-dealkylation sites (N-methyl/N-ethyl adjacent to an activating group) is 1. The maximum atomic E-state index is 12.2. The number of para-hydroxylation sites is 1. The van der Waals surface area contributed by atoms with Gasteiger partial charge < -0.3 is 15.4 Å². The van der Waals surface area contributed by atoms with Crippen molar-refractivity contribution in [2.45, 2.75) is 32.2 Å². The topological polar surface area (TPSA) is 55.6 Å². The minimum absolute atomic E-state index is 0.105. The summed E-state index contributed by atoms with van der Waals surface area (Å²) in [7, 11) is 1.84. The summed E-state index contributed by atoms with van der Waals surface area (Å²) in [4.78, 5) is 14.0. The number of rotatable bonds is 5. The smallest absolute Gasteiger partial charge is 0.225 e. The van der Waals surface area contributed by atoms with E-state index in [1.54, 1.807) is 4.90 Å². The van der Waals surface area contributed by atoms with Gasteiger partial charge in [-0.3, -0.25) is 4.79 Å². The Bertz CT molecular complexity index is 462. The molecule has 2 N–H and O–H groups in total. The Balaban J connectivity index is 1.76. The van der Waals surface area contributed by atoms with Crippen LogP contribution in [0, 0.1) is 12.8 Å². The SMILES string of the molecule is Cc1ccccc1OCCN(C)C(=O)[C@@H]1CC[C@H](N)C1. The first kappa shape index (κ1) is 14.9. The highest BCUT2D eigenvalue weighted by Gasteiger charge is 2.29. The molecular formula is C16H24N2O2. The van der Waals surface area contributed by atoms with Crippen LogP contribution >= 0.6 is 0 Å². The van der Waals surface area contributed by atoms with Crippen molar-refractivity contribution < 1.29 is 9.53 Å². The standard InChI is InChI=1S/C16H24N2O2/c1-12-5-3-4-6-15(12)20-10-9-18(2)16(19)13-7-8-14(17)11-13/h3-6,13-14H,7-11,17H2,1-2H3/t13-,14+/m1/s1. The Hall–Kier alpha value is -1.55. The van der Waals surface area contributed by atoms with Crippen LogP contribution in [-0.2, 0) is 4.79 Å². The van der Waals surface area contributed by atoms with Gasteiger partial charge in [-0.15, -0.1) is 0 Å². The second kappa shape index (κ2) is 6.75. The molecule has 1 saturated carbocycles. The molecule has 0 aliphatic heterocycles. The van der Waals surface area contributed by atoms with Crippen LogP contribution in [0.4, 0.5) is 0 Å². The fraction of sp³-hybridized carbons (Fsp3) is 0.562. The summed E-state index contributed by atoms with van der Waals surface area (Å²) in [6.07, 6.45) is 2.70. The summed E-state index contributed by atoms with van der Waals surface area (Å²) in [6, 6.07) is 8.11.